The summed E-state index contributed by atoms with van der Waals surface area (Å²) in [6.45, 7) is 0.971. The van der Waals surface area contributed by atoms with Crippen molar-refractivity contribution in [1.29, 1.82) is 0 Å². The normalized spacial score (nSPS) is 10.9. The highest BCUT2D eigenvalue weighted by atomic mass is 35.5. The van der Waals surface area contributed by atoms with Crippen molar-refractivity contribution in [2.75, 3.05) is 23.9 Å². The maximum Gasteiger partial charge on any atom is 0.183 e. The Balaban J connectivity index is 2.05. The lowest BCUT2D eigenvalue weighted by atomic mass is 10.3. The van der Waals surface area contributed by atoms with Gasteiger partial charge in [-0.2, -0.15) is 11.8 Å². The van der Waals surface area contributed by atoms with Gasteiger partial charge in [-0.15, -0.1) is 0 Å². The Bertz CT molecular complexity index is 470. The molecule has 0 saturated carbocycles. The second-order valence-corrected chi connectivity index (χ2v) is 5.77. The molecule has 0 unspecified atom stereocenters. The quantitative estimate of drug-likeness (QED) is 0.829. The van der Waals surface area contributed by atoms with E-state index in [1.807, 2.05) is 30.0 Å². The van der Waals surface area contributed by atoms with E-state index in [2.05, 4.69) is 16.6 Å². The molecule has 1 N–H and O–H groups in total. The van der Waals surface area contributed by atoms with Crippen molar-refractivity contribution in [3.05, 3.63) is 23.2 Å². The molecular formula is C11H13ClN2S2. The summed E-state index contributed by atoms with van der Waals surface area (Å²) >= 11 is 9.58. The van der Waals surface area contributed by atoms with Gasteiger partial charge in [-0.1, -0.05) is 29.0 Å². The fourth-order valence-corrected chi connectivity index (χ4v) is 3.02. The summed E-state index contributed by atoms with van der Waals surface area (Å²) < 4.78 is 1.07. The van der Waals surface area contributed by atoms with E-state index in [4.69, 9.17) is 11.6 Å². The monoisotopic (exact) mass is 272 g/mol. The average molecular weight is 273 g/mol. The minimum atomic E-state index is 0.784. The Kier molecular flexibility index (Phi) is 4.32. The van der Waals surface area contributed by atoms with E-state index >= 15 is 0 Å². The van der Waals surface area contributed by atoms with Crippen LogP contribution in [0.1, 0.15) is 6.42 Å². The summed E-state index contributed by atoms with van der Waals surface area (Å²) in [5, 5.41) is 5.08. The van der Waals surface area contributed by atoms with Crippen LogP contribution in [0.25, 0.3) is 10.2 Å². The van der Waals surface area contributed by atoms with Gasteiger partial charge in [0.25, 0.3) is 0 Å². The highest BCUT2D eigenvalue weighted by molar-refractivity contribution is 7.98. The van der Waals surface area contributed by atoms with Crippen LogP contribution in [0.3, 0.4) is 0 Å². The fourth-order valence-electron chi connectivity index (χ4n) is 1.40. The van der Waals surface area contributed by atoms with E-state index in [-0.39, 0.29) is 0 Å². The maximum absolute atomic E-state index is 6.09. The minimum Gasteiger partial charge on any atom is -0.361 e. The van der Waals surface area contributed by atoms with Crippen LogP contribution >= 0.6 is 34.7 Å². The molecule has 0 fully saturated rings. The van der Waals surface area contributed by atoms with E-state index in [1.165, 1.54) is 5.75 Å². The lowest BCUT2D eigenvalue weighted by molar-refractivity contribution is 0.991. The van der Waals surface area contributed by atoms with Crippen LogP contribution in [0, 0.1) is 0 Å². The average Bonchev–Trinajstić information content (AvgIpc) is 2.69. The highest BCUT2D eigenvalue weighted by Gasteiger charge is 2.05. The summed E-state index contributed by atoms with van der Waals surface area (Å²) in [5.74, 6) is 1.18. The standard InChI is InChI=1S/C11H13ClN2S2/c1-15-7-3-6-13-11-14-9-5-2-4-8(12)10(9)16-11/h2,4-5H,3,6-7H2,1H3,(H,13,14). The summed E-state index contributed by atoms with van der Waals surface area (Å²) in [7, 11) is 0. The largest absolute Gasteiger partial charge is 0.361 e. The zero-order valence-corrected chi connectivity index (χ0v) is 11.4. The molecule has 0 atom stereocenters. The molecule has 0 aliphatic carbocycles. The number of nitrogens with one attached hydrogen (secondary N) is 1. The molecule has 86 valence electrons. The zero-order valence-electron chi connectivity index (χ0n) is 9.00. The third-order valence-electron chi connectivity index (χ3n) is 2.17. The van der Waals surface area contributed by atoms with E-state index < -0.39 is 0 Å². The molecule has 1 heterocycles. The summed E-state index contributed by atoms with van der Waals surface area (Å²) in [5.41, 5.74) is 0.977. The molecule has 1 aromatic heterocycles. The molecule has 2 nitrogen and oxygen atoms in total. The van der Waals surface area contributed by atoms with Crippen molar-refractivity contribution >= 4 is 50.0 Å². The number of fused-ring (bicyclic) bond motifs is 1. The molecule has 0 bridgehead atoms. The number of halogens is 1. The van der Waals surface area contributed by atoms with Crippen LogP contribution in [0.15, 0.2) is 18.2 Å². The third kappa shape index (κ3) is 2.81. The molecule has 0 spiro atoms. The number of benzene rings is 1. The van der Waals surface area contributed by atoms with E-state index in [9.17, 15) is 0 Å². The van der Waals surface area contributed by atoms with Gasteiger partial charge in [0.15, 0.2) is 5.13 Å². The molecule has 0 saturated heterocycles. The molecule has 16 heavy (non-hydrogen) atoms. The smallest absolute Gasteiger partial charge is 0.183 e. The number of aromatic nitrogens is 1. The Morgan fingerprint density at radius 3 is 3.12 bits per heavy atom. The topological polar surface area (TPSA) is 24.9 Å². The first-order valence-electron chi connectivity index (χ1n) is 5.09. The molecule has 0 aliphatic rings. The number of nitrogens with zero attached hydrogens (tertiary/aromatic N) is 1. The van der Waals surface area contributed by atoms with E-state index in [1.54, 1.807) is 11.3 Å². The number of hydrogen-bond acceptors (Lipinski definition) is 4. The van der Waals surface area contributed by atoms with Crippen LogP contribution in [0.5, 0.6) is 0 Å². The van der Waals surface area contributed by atoms with Gasteiger partial charge < -0.3 is 5.32 Å². The Morgan fingerprint density at radius 1 is 1.50 bits per heavy atom. The SMILES string of the molecule is CSCCCNc1nc2cccc(Cl)c2s1. The molecule has 0 aliphatic heterocycles. The zero-order chi connectivity index (χ0) is 11.4. The number of hydrogen-bond donors (Lipinski definition) is 1. The van der Waals surface area contributed by atoms with Crippen molar-refractivity contribution in [2.24, 2.45) is 0 Å². The molecule has 2 rings (SSSR count). The van der Waals surface area contributed by atoms with E-state index in [0.29, 0.717) is 0 Å². The summed E-state index contributed by atoms with van der Waals surface area (Å²) in [6, 6.07) is 5.83. The van der Waals surface area contributed by atoms with Gasteiger partial charge in [0.05, 0.1) is 15.2 Å². The Morgan fingerprint density at radius 2 is 2.38 bits per heavy atom. The van der Waals surface area contributed by atoms with Gasteiger partial charge in [0.1, 0.15) is 0 Å². The third-order valence-corrected chi connectivity index (χ3v) is 4.35. The second-order valence-electron chi connectivity index (χ2n) is 3.38. The summed E-state index contributed by atoms with van der Waals surface area (Å²) in [4.78, 5) is 4.49. The maximum atomic E-state index is 6.09. The van der Waals surface area contributed by atoms with Gasteiger partial charge in [-0.25, -0.2) is 4.98 Å². The minimum absolute atomic E-state index is 0.784. The number of anilines is 1. The van der Waals surface area contributed by atoms with Crippen LogP contribution in [-0.2, 0) is 0 Å². The van der Waals surface area contributed by atoms with Crippen LogP contribution in [0.2, 0.25) is 5.02 Å². The van der Waals surface area contributed by atoms with Gasteiger partial charge in [0, 0.05) is 6.54 Å². The Labute approximate surface area is 108 Å². The predicted octanol–water partition coefficient (Wildman–Crippen LogP) is 4.11. The molecular weight excluding hydrogens is 260 g/mol. The van der Waals surface area contributed by atoms with Crippen molar-refractivity contribution in [1.82, 2.24) is 4.98 Å². The van der Waals surface area contributed by atoms with Gasteiger partial charge >= 0.3 is 0 Å². The predicted molar refractivity (Wildman–Crippen MR) is 76.1 cm³/mol. The molecule has 1 aromatic carbocycles. The van der Waals surface area contributed by atoms with Gasteiger partial charge in [-0.05, 0) is 30.6 Å². The highest BCUT2D eigenvalue weighted by Crippen LogP contribution is 2.31. The lowest BCUT2D eigenvalue weighted by Gasteiger charge is -1.99. The second kappa shape index (κ2) is 5.75. The van der Waals surface area contributed by atoms with E-state index in [0.717, 1.165) is 33.3 Å². The van der Waals surface area contributed by atoms with Gasteiger partial charge in [0.2, 0.25) is 0 Å². The lowest BCUT2D eigenvalue weighted by Crippen LogP contribution is -2.01. The number of thioether (sulfide) groups is 1. The van der Waals surface area contributed by atoms with Crippen molar-refractivity contribution in [3.8, 4) is 0 Å². The van der Waals surface area contributed by atoms with Crippen molar-refractivity contribution in [3.63, 3.8) is 0 Å². The first-order valence-corrected chi connectivity index (χ1v) is 7.68. The number of thiazole rings is 1. The fraction of sp³-hybridized carbons (Fsp3) is 0.364. The van der Waals surface area contributed by atoms with Gasteiger partial charge in [-0.3, -0.25) is 0 Å². The number of rotatable bonds is 5. The first-order chi connectivity index (χ1) is 7.81. The molecule has 0 radical (unpaired) electrons. The van der Waals surface area contributed by atoms with Crippen LogP contribution < -0.4 is 5.32 Å². The van der Waals surface area contributed by atoms with Crippen LogP contribution in [-0.4, -0.2) is 23.5 Å². The van der Waals surface area contributed by atoms with Crippen molar-refractivity contribution in [2.45, 2.75) is 6.42 Å². The molecule has 2 aromatic rings. The van der Waals surface area contributed by atoms with Crippen molar-refractivity contribution < 1.29 is 0 Å². The molecule has 0 amide bonds. The first kappa shape index (κ1) is 12.0. The Hall–Kier alpha value is -0.450. The molecule has 5 heteroatoms. The summed E-state index contributed by atoms with van der Waals surface area (Å²) in [6.07, 6.45) is 3.28. The van der Waals surface area contributed by atoms with Crippen LogP contribution in [0.4, 0.5) is 5.13 Å².